The number of aryl methyl sites for hydroxylation is 1. The molecule has 7 heteroatoms. The van der Waals surface area contributed by atoms with E-state index in [2.05, 4.69) is 14.9 Å². The van der Waals surface area contributed by atoms with Gasteiger partial charge in [-0.15, -0.1) is 0 Å². The molecule has 1 aromatic heterocycles. The van der Waals surface area contributed by atoms with Crippen LogP contribution in [-0.4, -0.2) is 42.3 Å². The van der Waals surface area contributed by atoms with E-state index in [9.17, 15) is 4.79 Å². The van der Waals surface area contributed by atoms with Gasteiger partial charge in [-0.2, -0.15) is 0 Å². The van der Waals surface area contributed by atoms with E-state index in [1.165, 1.54) is 0 Å². The summed E-state index contributed by atoms with van der Waals surface area (Å²) in [5.41, 5.74) is 1.88. The maximum Gasteiger partial charge on any atom is 0.231 e. The fourth-order valence-corrected chi connectivity index (χ4v) is 4.11. The lowest BCUT2D eigenvalue weighted by Crippen LogP contribution is -2.31. The Hall–Kier alpha value is -2.83. The minimum Gasteiger partial charge on any atom is -0.454 e. The van der Waals surface area contributed by atoms with E-state index in [0.717, 1.165) is 42.5 Å². The van der Waals surface area contributed by atoms with Gasteiger partial charge in [-0.05, 0) is 31.0 Å². The van der Waals surface area contributed by atoms with Gasteiger partial charge < -0.3 is 19.3 Å². The first-order chi connectivity index (χ1) is 12.6. The van der Waals surface area contributed by atoms with Crippen LogP contribution < -0.4 is 19.3 Å². The van der Waals surface area contributed by atoms with Crippen molar-refractivity contribution in [3.63, 3.8) is 0 Å². The molecule has 1 spiro atoms. The summed E-state index contributed by atoms with van der Waals surface area (Å²) in [7, 11) is 0. The fraction of sp³-hybridized carbons (Fsp3) is 0.421. The molecule has 2 saturated heterocycles. The predicted octanol–water partition coefficient (Wildman–Crippen LogP) is 2.15. The van der Waals surface area contributed by atoms with E-state index < -0.39 is 0 Å². The highest BCUT2D eigenvalue weighted by molar-refractivity contribution is 5.97. The van der Waals surface area contributed by atoms with Crippen LogP contribution in [0.15, 0.2) is 30.6 Å². The number of carbonyl (C=O) groups excluding carboxylic acids is 1. The average Bonchev–Trinajstić information content (AvgIpc) is 3.34. The van der Waals surface area contributed by atoms with Crippen LogP contribution in [0.5, 0.6) is 11.5 Å². The number of rotatable bonds is 2. The van der Waals surface area contributed by atoms with Crippen LogP contribution in [0.4, 0.5) is 11.6 Å². The number of hydrogen-bond donors (Lipinski definition) is 0. The first-order valence-corrected chi connectivity index (χ1v) is 8.86. The SMILES string of the molecule is Cc1cnc(N2CC[C@]3(CC(=O)N(c4ccc5c(c4)OCO5)C3)C2)nc1. The largest absolute Gasteiger partial charge is 0.454 e. The maximum atomic E-state index is 12.7. The van der Waals surface area contributed by atoms with E-state index in [1.54, 1.807) is 0 Å². The minimum atomic E-state index is -0.0400. The van der Waals surface area contributed by atoms with E-state index in [4.69, 9.17) is 9.47 Å². The van der Waals surface area contributed by atoms with Crippen molar-refractivity contribution >= 4 is 17.5 Å². The Labute approximate surface area is 151 Å². The Morgan fingerprint density at radius 2 is 1.92 bits per heavy atom. The van der Waals surface area contributed by atoms with Crippen LogP contribution >= 0.6 is 0 Å². The first kappa shape index (κ1) is 15.4. The normalized spacial score (nSPS) is 24.1. The van der Waals surface area contributed by atoms with Crippen LogP contribution in [0.25, 0.3) is 0 Å². The van der Waals surface area contributed by atoms with Crippen LogP contribution in [-0.2, 0) is 4.79 Å². The van der Waals surface area contributed by atoms with Crippen molar-refractivity contribution in [2.75, 3.05) is 36.2 Å². The molecule has 0 unspecified atom stereocenters. The van der Waals surface area contributed by atoms with Crippen LogP contribution in [0, 0.1) is 12.3 Å². The second kappa shape index (κ2) is 5.59. The van der Waals surface area contributed by atoms with Gasteiger partial charge in [0.1, 0.15) is 0 Å². The van der Waals surface area contributed by atoms with E-state index >= 15 is 0 Å². The highest BCUT2D eigenvalue weighted by Gasteiger charge is 2.48. The van der Waals surface area contributed by atoms with Gasteiger partial charge in [0.25, 0.3) is 0 Å². The summed E-state index contributed by atoms with van der Waals surface area (Å²) in [6.45, 7) is 4.62. The van der Waals surface area contributed by atoms with Crippen molar-refractivity contribution in [3.05, 3.63) is 36.2 Å². The number of amides is 1. The number of anilines is 2. The number of benzene rings is 1. The predicted molar refractivity (Wildman–Crippen MR) is 95.6 cm³/mol. The molecule has 26 heavy (non-hydrogen) atoms. The van der Waals surface area contributed by atoms with Crippen molar-refractivity contribution in [2.24, 2.45) is 5.41 Å². The molecule has 1 atom stereocenters. The van der Waals surface area contributed by atoms with Gasteiger partial charge in [0, 0.05) is 55.6 Å². The van der Waals surface area contributed by atoms with Gasteiger partial charge in [-0.25, -0.2) is 9.97 Å². The quantitative estimate of drug-likeness (QED) is 0.825. The lowest BCUT2D eigenvalue weighted by atomic mass is 9.86. The summed E-state index contributed by atoms with van der Waals surface area (Å²) in [5, 5.41) is 0. The lowest BCUT2D eigenvalue weighted by molar-refractivity contribution is -0.117. The van der Waals surface area contributed by atoms with E-state index in [-0.39, 0.29) is 18.1 Å². The zero-order chi connectivity index (χ0) is 17.7. The molecule has 3 aliphatic heterocycles. The molecule has 3 aliphatic rings. The molecule has 2 aromatic rings. The van der Waals surface area contributed by atoms with Gasteiger partial charge in [0.15, 0.2) is 11.5 Å². The number of carbonyl (C=O) groups is 1. The van der Waals surface area contributed by atoms with Crippen molar-refractivity contribution < 1.29 is 14.3 Å². The topological polar surface area (TPSA) is 67.8 Å². The number of fused-ring (bicyclic) bond motifs is 1. The van der Waals surface area contributed by atoms with Crippen molar-refractivity contribution in [1.29, 1.82) is 0 Å². The van der Waals surface area contributed by atoms with Crippen molar-refractivity contribution in [3.8, 4) is 11.5 Å². The van der Waals surface area contributed by atoms with E-state index in [0.29, 0.717) is 18.7 Å². The maximum absolute atomic E-state index is 12.7. The summed E-state index contributed by atoms with van der Waals surface area (Å²) in [6.07, 6.45) is 5.21. The molecule has 0 aliphatic carbocycles. The Morgan fingerprint density at radius 1 is 1.12 bits per heavy atom. The number of aromatic nitrogens is 2. The molecule has 1 aromatic carbocycles. The molecule has 7 nitrogen and oxygen atoms in total. The molecule has 2 fully saturated rings. The lowest BCUT2D eigenvalue weighted by Gasteiger charge is -2.24. The third-order valence-electron chi connectivity index (χ3n) is 5.48. The molecule has 134 valence electrons. The summed E-state index contributed by atoms with van der Waals surface area (Å²) in [5.74, 6) is 2.35. The van der Waals surface area contributed by atoms with Crippen molar-refractivity contribution in [2.45, 2.75) is 19.8 Å². The van der Waals surface area contributed by atoms with E-state index in [1.807, 2.05) is 42.4 Å². The molecular weight excluding hydrogens is 332 g/mol. The number of nitrogens with zero attached hydrogens (tertiary/aromatic N) is 4. The smallest absolute Gasteiger partial charge is 0.231 e. The number of hydrogen-bond acceptors (Lipinski definition) is 6. The third kappa shape index (κ3) is 2.46. The summed E-state index contributed by atoms with van der Waals surface area (Å²) < 4.78 is 10.8. The third-order valence-corrected chi connectivity index (χ3v) is 5.48. The van der Waals surface area contributed by atoms with Gasteiger partial charge in [0.2, 0.25) is 18.6 Å². The zero-order valence-corrected chi connectivity index (χ0v) is 14.6. The standard InChI is InChI=1S/C19H20N4O3/c1-13-8-20-18(21-9-13)22-5-4-19(10-22)7-17(24)23(11-19)14-2-3-15-16(6-14)26-12-25-15/h2-3,6,8-9H,4-5,7,10-12H2,1H3/t19-/m0/s1. The molecule has 0 N–H and O–H groups in total. The van der Waals surface area contributed by atoms with Crippen molar-refractivity contribution in [1.82, 2.24) is 9.97 Å². The number of ether oxygens (including phenoxy) is 2. The molecule has 5 rings (SSSR count). The average molecular weight is 352 g/mol. The summed E-state index contributed by atoms with van der Waals surface area (Å²) in [4.78, 5) is 25.7. The monoisotopic (exact) mass is 352 g/mol. The molecule has 4 heterocycles. The first-order valence-electron chi connectivity index (χ1n) is 8.86. The Balaban J connectivity index is 1.36. The highest BCUT2D eigenvalue weighted by Crippen LogP contribution is 2.44. The van der Waals surface area contributed by atoms with Gasteiger partial charge >= 0.3 is 0 Å². The summed E-state index contributed by atoms with van der Waals surface area (Å²) >= 11 is 0. The van der Waals surface area contributed by atoms with Gasteiger partial charge in [-0.1, -0.05) is 0 Å². The molecule has 0 saturated carbocycles. The highest BCUT2D eigenvalue weighted by atomic mass is 16.7. The Bertz CT molecular complexity index is 870. The second-order valence-corrected chi connectivity index (χ2v) is 7.43. The van der Waals surface area contributed by atoms with Crippen LogP contribution in [0.2, 0.25) is 0 Å². The Kier molecular flexibility index (Phi) is 3.32. The zero-order valence-electron chi connectivity index (χ0n) is 14.6. The summed E-state index contributed by atoms with van der Waals surface area (Å²) in [6, 6.07) is 5.70. The van der Waals surface area contributed by atoms with Gasteiger partial charge in [-0.3, -0.25) is 4.79 Å². The van der Waals surface area contributed by atoms with Gasteiger partial charge in [0.05, 0.1) is 0 Å². The fourth-order valence-electron chi connectivity index (χ4n) is 4.11. The van der Waals surface area contributed by atoms with Crippen LogP contribution in [0.3, 0.4) is 0 Å². The van der Waals surface area contributed by atoms with Crippen LogP contribution in [0.1, 0.15) is 18.4 Å². The molecular formula is C19H20N4O3. The minimum absolute atomic E-state index is 0.0400. The molecule has 0 bridgehead atoms. The Morgan fingerprint density at radius 3 is 2.77 bits per heavy atom. The second-order valence-electron chi connectivity index (χ2n) is 7.43. The molecule has 1 amide bonds. The molecule has 0 radical (unpaired) electrons.